The summed E-state index contributed by atoms with van der Waals surface area (Å²) in [4.78, 5) is 0. The topological polar surface area (TPSA) is 79.8 Å². The van der Waals surface area contributed by atoms with Gasteiger partial charge in [0.05, 0.1) is 0 Å². The fraction of sp³-hybridized carbons (Fsp3) is 0. The summed E-state index contributed by atoms with van der Waals surface area (Å²) in [5, 5.41) is 8.85. The highest BCUT2D eigenvalue weighted by atomic mass is 32.2. The summed E-state index contributed by atoms with van der Waals surface area (Å²) in [5.74, 6) is 0.652. The third kappa shape index (κ3) is 3.57. The minimum Gasteiger partial charge on any atom is -0.279 e. The molecule has 136 valence electrons. The van der Waals surface area contributed by atoms with Crippen LogP contribution in [0.15, 0.2) is 76.3 Å². The molecule has 0 amide bonds. The highest BCUT2D eigenvalue weighted by Gasteiger charge is 2.16. The van der Waals surface area contributed by atoms with E-state index in [1.165, 1.54) is 11.3 Å². The number of benzene rings is 2. The van der Waals surface area contributed by atoms with E-state index in [0.29, 0.717) is 16.3 Å². The van der Waals surface area contributed by atoms with E-state index in [1.807, 2.05) is 34.9 Å². The maximum Gasteiger partial charge on any atom is 0.271 e. The number of rotatable bonds is 5. The molecule has 0 aliphatic rings. The summed E-state index contributed by atoms with van der Waals surface area (Å²) in [6.45, 7) is 0. The molecule has 9 heteroatoms. The number of hydrogen-bond donors (Lipinski definition) is 2. The highest BCUT2D eigenvalue weighted by molar-refractivity contribution is 7.94. The van der Waals surface area contributed by atoms with Gasteiger partial charge in [-0.1, -0.05) is 24.3 Å². The molecular formula is C18H14N4O2S3. The van der Waals surface area contributed by atoms with Gasteiger partial charge in [-0.3, -0.25) is 14.4 Å². The first kappa shape index (κ1) is 17.7. The second kappa shape index (κ2) is 7.10. The van der Waals surface area contributed by atoms with Crippen LogP contribution in [0.25, 0.3) is 17.1 Å². The van der Waals surface area contributed by atoms with Crippen molar-refractivity contribution in [1.29, 1.82) is 0 Å². The SMILES string of the molecule is O=S(=O)(Nc1ccc(-c2n[nH]c(=S)n2-c2ccccc2)cc1)c1cccs1. The number of nitrogens with one attached hydrogen (secondary N) is 2. The van der Waals surface area contributed by atoms with Crippen molar-refractivity contribution in [3.8, 4) is 17.1 Å². The highest BCUT2D eigenvalue weighted by Crippen LogP contribution is 2.25. The van der Waals surface area contributed by atoms with Crippen LogP contribution in [0.3, 0.4) is 0 Å². The monoisotopic (exact) mass is 414 g/mol. The van der Waals surface area contributed by atoms with Gasteiger partial charge in [-0.05, 0) is 60.1 Å². The lowest BCUT2D eigenvalue weighted by molar-refractivity contribution is 0.603. The van der Waals surface area contributed by atoms with E-state index in [4.69, 9.17) is 12.2 Å². The summed E-state index contributed by atoms with van der Waals surface area (Å²) < 4.78 is 29.8. The van der Waals surface area contributed by atoms with E-state index < -0.39 is 10.0 Å². The zero-order valence-corrected chi connectivity index (χ0v) is 16.3. The Morgan fingerprint density at radius 1 is 1.00 bits per heavy atom. The summed E-state index contributed by atoms with van der Waals surface area (Å²) in [6.07, 6.45) is 0. The van der Waals surface area contributed by atoms with Gasteiger partial charge in [0, 0.05) is 16.9 Å². The zero-order valence-electron chi connectivity index (χ0n) is 13.9. The van der Waals surface area contributed by atoms with E-state index in [2.05, 4.69) is 14.9 Å². The van der Waals surface area contributed by atoms with Crippen LogP contribution in [0.2, 0.25) is 0 Å². The van der Waals surface area contributed by atoms with Gasteiger partial charge in [-0.15, -0.1) is 11.3 Å². The first-order valence-electron chi connectivity index (χ1n) is 7.94. The molecule has 27 heavy (non-hydrogen) atoms. The maximum absolute atomic E-state index is 12.3. The van der Waals surface area contributed by atoms with E-state index in [-0.39, 0.29) is 4.21 Å². The van der Waals surface area contributed by atoms with Gasteiger partial charge in [-0.2, -0.15) is 5.10 Å². The molecule has 2 aromatic carbocycles. The van der Waals surface area contributed by atoms with Crippen LogP contribution in [0.1, 0.15) is 0 Å². The Morgan fingerprint density at radius 3 is 2.41 bits per heavy atom. The molecule has 0 saturated carbocycles. The average molecular weight is 415 g/mol. The molecule has 0 bridgehead atoms. The Bertz CT molecular complexity index is 1210. The fourth-order valence-electron chi connectivity index (χ4n) is 2.62. The molecule has 0 atom stereocenters. The minimum atomic E-state index is -3.57. The van der Waals surface area contributed by atoms with Crippen LogP contribution < -0.4 is 4.72 Å². The van der Waals surface area contributed by atoms with Gasteiger partial charge >= 0.3 is 0 Å². The van der Waals surface area contributed by atoms with Crippen LogP contribution in [0.4, 0.5) is 5.69 Å². The van der Waals surface area contributed by atoms with Crippen molar-refractivity contribution in [1.82, 2.24) is 14.8 Å². The molecule has 0 saturated heterocycles. The Kier molecular flexibility index (Phi) is 4.65. The van der Waals surface area contributed by atoms with Gasteiger partial charge in [0.15, 0.2) is 10.6 Å². The normalized spacial score (nSPS) is 11.4. The molecule has 2 aromatic heterocycles. The number of sulfonamides is 1. The lowest BCUT2D eigenvalue weighted by Gasteiger charge is -2.09. The molecule has 0 radical (unpaired) electrons. The first-order valence-corrected chi connectivity index (χ1v) is 10.7. The second-order valence-electron chi connectivity index (χ2n) is 5.64. The van der Waals surface area contributed by atoms with Gasteiger partial charge in [0.1, 0.15) is 4.21 Å². The first-order chi connectivity index (χ1) is 13.0. The number of aromatic amines is 1. The van der Waals surface area contributed by atoms with Crippen molar-refractivity contribution in [3.05, 3.63) is 76.9 Å². The minimum absolute atomic E-state index is 0.275. The number of H-pyrrole nitrogens is 1. The van der Waals surface area contributed by atoms with Gasteiger partial charge in [0.2, 0.25) is 0 Å². The molecule has 0 fully saturated rings. The Balaban J connectivity index is 1.66. The lowest BCUT2D eigenvalue weighted by atomic mass is 10.2. The van der Waals surface area contributed by atoms with Crippen molar-refractivity contribution >= 4 is 39.3 Å². The second-order valence-corrected chi connectivity index (χ2v) is 8.88. The van der Waals surface area contributed by atoms with Gasteiger partial charge in [-0.25, -0.2) is 8.42 Å². The number of para-hydroxylation sites is 1. The Morgan fingerprint density at radius 2 is 1.74 bits per heavy atom. The number of hydrogen-bond acceptors (Lipinski definition) is 5. The van der Waals surface area contributed by atoms with Gasteiger partial charge < -0.3 is 0 Å². The number of thiophene rings is 1. The summed E-state index contributed by atoms with van der Waals surface area (Å²) in [6, 6.07) is 20.0. The molecule has 0 aliphatic carbocycles. The molecular weight excluding hydrogens is 400 g/mol. The number of nitrogens with zero attached hydrogens (tertiary/aromatic N) is 2. The quantitative estimate of drug-likeness (QED) is 0.473. The third-order valence-electron chi connectivity index (χ3n) is 3.84. The van der Waals surface area contributed by atoms with Crippen molar-refractivity contribution in [2.24, 2.45) is 0 Å². The zero-order chi connectivity index (χ0) is 18.9. The van der Waals surface area contributed by atoms with Crippen molar-refractivity contribution in [3.63, 3.8) is 0 Å². The molecule has 0 aliphatic heterocycles. The van der Waals surface area contributed by atoms with Crippen molar-refractivity contribution in [2.45, 2.75) is 4.21 Å². The molecule has 0 spiro atoms. The molecule has 6 nitrogen and oxygen atoms in total. The van der Waals surface area contributed by atoms with E-state index in [1.54, 1.807) is 41.8 Å². The van der Waals surface area contributed by atoms with Gasteiger partial charge in [0.25, 0.3) is 10.0 Å². The molecule has 2 heterocycles. The van der Waals surface area contributed by atoms with Crippen molar-refractivity contribution in [2.75, 3.05) is 4.72 Å². The standard InChI is InChI=1S/C18H14N4O2S3/c23-27(24,16-7-4-12-26-16)21-14-10-8-13(9-11-14)17-19-20-18(25)22(17)15-5-2-1-3-6-15/h1-12,21H,(H,20,25). The molecule has 4 rings (SSSR count). The predicted molar refractivity (Wildman–Crippen MR) is 109 cm³/mol. The predicted octanol–water partition coefficient (Wildman–Crippen LogP) is 4.46. The molecule has 4 aromatic rings. The average Bonchev–Trinajstić information content (AvgIpc) is 3.33. The fourth-order valence-corrected chi connectivity index (χ4v) is 4.91. The summed E-state index contributed by atoms with van der Waals surface area (Å²) >= 11 is 6.52. The van der Waals surface area contributed by atoms with E-state index in [9.17, 15) is 8.42 Å². The maximum atomic E-state index is 12.3. The van der Waals surface area contributed by atoms with Crippen LogP contribution in [-0.4, -0.2) is 23.2 Å². The van der Waals surface area contributed by atoms with Crippen LogP contribution >= 0.6 is 23.6 Å². The molecule has 2 N–H and O–H groups in total. The summed E-state index contributed by atoms with van der Waals surface area (Å²) in [7, 11) is -3.57. The largest absolute Gasteiger partial charge is 0.279 e. The lowest BCUT2D eigenvalue weighted by Crippen LogP contribution is -2.11. The van der Waals surface area contributed by atoms with E-state index in [0.717, 1.165) is 11.3 Å². The third-order valence-corrected chi connectivity index (χ3v) is 6.89. The Hall–Kier alpha value is -2.75. The smallest absolute Gasteiger partial charge is 0.271 e. The number of aromatic nitrogens is 3. The van der Waals surface area contributed by atoms with Crippen LogP contribution in [0.5, 0.6) is 0 Å². The molecule has 0 unspecified atom stereocenters. The van der Waals surface area contributed by atoms with Crippen LogP contribution in [0, 0.1) is 4.77 Å². The summed E-state index contributed by atoms with van der Waals surface area (Å²) in [5.41, 5.74) is 2.19. The number of anilines is 1. The Labute approximate surface area is 165 Å². The van der Waals surface area contributed by atoms with Crippen LogP contribution in [-0.2, 0) is 10.0 Å². The van der Waals surface area contributed by atoms with E-state index >= 15 is 0 Å². The van der Waals surface area contributed by atoms with Crippen molar-refractivity contribution < 1.29 is 8.42 Å².